The summed E-state index contributed by atoms with van der Waals surface area (Å²) in [5.41, 5.74) is 1.87. The molecule has 2 aliphatic rings. The SMILES string of the molecule is COC(=O)C1=C(COc2ccccc2)[C@@H]2C=C[C@H]1C2. The molecule has 2 bridgehead atoms. The molecule has 2 aliphatic carbocycles. The molecule has 0 fully saturated rings. The van der Waals surface area contributed by atoms with E-state index in [9.17, 15) is 4.79 Å². The monoisotopic (exact) mass is 256 g/mol. The quantitative estimate of drug-likeness (QED) is 0.614. The van der Waals surface area contributed by atoms with Gasteiger partial charge in [0.25, 0.3) is 0 Å². The van der Waals surface area contributed by atoms with Gasteiger partial charge in [0.1, 0.15) is 12.4 Å². The molecule has 0 aliphatic heterocycles. The lowest BCUT2D eigenvalue weighted by Gasteiger charge is -2.15. The van der Waals surface area contributed by atoms with E-state index in [-0.39, 0.29) is 11.9 Å². The highest BCUT2D eigenvalue weighted by Gasteiger charge is 2.39. The van der Waals surface area contributed by atoms with Crippen LogP contribution < -0.4 is 4.74 Å². The lowest BCUT2D eigenvalue weighted by Crippen LogP contribution is -2.15. The molecule has 1 aromatic carbocycles. The second kappa shape index (κ2) is 4.92. The normalized spacial score (nSPS) is 23.8. The summed E-state index contributed by atoms with van der Waals surface area (Å²) < 4.78 is 10.7. The first-order valence-electron chi connectivity index (χ1n) is 6.47. The molecule has 98 valence electrons. The zero-order chi connectivity index (χ0) is 13.2. The summed E-state index contributed by atoms with van der Waals surface area (Å²) in [7, 11) is 1.43. The van der Waals surface area contributed by atoms with E-state index in [2.05, 4.69) is 12.2 Å². The molecule has 3 heteroatoms. The fourth-order valence-corrected chi connectivity index (χ4v) is 2.86. The van der Waals surface area contributed by atoms with E-state index in [4.69, 9.17) is 9.47 Å². The van der Waals surface area contributed by atoms with Crippen molar-refractivity contribution in [2.45, 2.75) is 6.42 Å². The standard InChI is InChI=1S/C16H16O3/c1-18-16(17)15-12-8-7-11(9-12)14(15)10-19-13-5-3-2-4-6-13/h2-8,11-12H,9-10H2,1H3/t11-,12+/m1/s1. The Kier molecular flexibility index (Phi) is 3.11. The fraction of sp³-hybridized carbons (Fsp3) is 0.312. The Morgan fingerprint density at radius 1 is 1.21 bits per heavy atom. The number of hydrogen-bond acceptors (Lipinski definition) is 3. The molecule has 0 radical (unpaired) electrons. The van der Waals surface area contributed by atoms with Gasteiger partial charge in [-0.25, -0.2) is 4.79 Å². The summed E-state index contributed by atoms with van der Waals surface area (Å²) in [6.07, 6.45) is 5.25. The number of carbonyl (C=O) groups excluding carboxylic acids is 1. The summed E-state index contributed by atoms with van der Waals surface area (Å²) in [5.74, 6) is 1.16. The number of carbonyl (C=O) groups is 1. The van der Waals surface area contributed by atoms with Crippen LogP contribution in [0.25, 0.3) is 0 Å². The van der Waals surface area contributed by atoms with Crippen LogP contribution in [0, 0.1) is 11.8 Å². The van der Waals surface area contributed by atoms with Crippen LogP contribution in [-0.4, -0.2) is 19.7 Å². The second-order valence-electron chi connectivity index (χ2n) is 4.87. The Morgan fingerprint density at radius 2 is 1.95 bits per heavy atom. The third-order valence-corrected chi connectivity index (χ3v) is 3.79. The van der Waals surface area contributed by atoms with Crippen LogP contribution in [0.5, 0.6) is 5.75 Å². The van der Waals surface area contributed by atoms with Gasteiger partial charge in [-0.2, -0.15) is 0 Å². The molecule has 19 heavy (non-hydrogen) atoms. The Hall–Kier alpha value is -2.03. The van der Waals surface area contributed by atoms with E-state index >= 15 is 0 Å². The Labute approximate surface area is 112 Å². The van der Waals surface area contributed by atoms with Crippen LogP contribution in [0.1, 0.15) is 6.42 Å². The highest BCUT2D eigenvalue weighted by molar-refractivity contribution is 5.91. The number of allylic oxidation sites excluding steroid dienone is 2. The van der Waals surface area contributed by atoms with Gasteiger partial charge in [-0.1, -0.05) is 30.4 Å². The van der Waals surface area contributed by atoms with Crippen LogP contribution >= 0.6 is 0 Å². The first-order chi connectivity index (χ1) is 9.29. The van der Waals surface area contributed by atoms with Gasteiger partial charge < -0.3 is 9.47 Å². The van der Waals surface area contributed by atoms with Gasteiger partial charge in [-0.05, 0) is 24.1 Å². The molecule has 0 unspecified atom stereocenters. The average molecular weight is 256 g/mol. The third-order valence-electron chi connectivity index (χ3n) is 3.79. The van der Waals surface area contributed by atoms with Crippen molar-refractivity contribution in [2.24, 2.45) is 11.8 Å². The number of hydrogen-bond donors (Lipinski definition) is 0. The first-order valence-corrected chi connectivity index (χ1v) is 6.47. The minimum absolute atomic E-state index is 0.215. The highest BCUT2D eigenvalue weighted by Crippen LogP contribution is 2.44. The first kappa shape index (κ1) is 12.0. The lowest BCUT2D eigenvalue weighted by molar-refractivity contribution is -0.136. The molecule has 0 N–H and O–H groups in total. The maximum absolute atomic E-state index is 11.9. The number of ether oxygens (including phenoxy) is 2. The second-order valence-corrected chi connectivity index (χ2v) is 4.87. The van der Waals surface area contributed by atoms with Crippen molar-refractivity contribution in [3.8, 4) is 5.75 Å². The summed E-state index contributed by atoms with van der Waals surface area (Å²) in [5, 5.41) is 0. The van der Waals surface area contributed by atoms with Crippen LogP contribution in [0.15, 0.2) is 53.6 Å². The minimum Gasteiger partial charge on any atom is -0.489 e. The van der Waals surface area contributed by atoms with Gasteiger partial charge in [0.15, 0.2) is 0 Å². The van der Waals surface area contributed by atoms with Gasteiger partial charge >= 0.3 is 5.97 Å². The minimum atomic E-state index is -0.219. The molecule has 3 rings (SSSR count). The highest BCUT2D eigenvalue weighted by atomic mass is 16.5. The predicted molar refractivity (Wildman–Crippen MR) is 71.7 cm³/mol. The third kappa shape index (κ3) is 2.16. The van der Waals surface area contributed by atoms with Gasteiger partial charge in [0.2, 0.25) is 0 Å². The van der Waals surface area contributed by atoms with Gasteiger partial charge in [0, 0.05) is 17.4 Å². The van der Waals surface area contributed by atoms with Crippen molar-refractivity contribution < 1.29 is 14.3 Å². The van der Waals surface area contributed by atoms with Crippen LogP contribution in [-0.2, 0) is 9.53 Å². The topological polar surface area (TPSA) is 35.5 Å². The van der Waals surface area contributed by atoms with Gasteiger partial charge in [-0.3, -0.25) is 0 Å². The van der Waals surface area contributed by atoms with Crippen molar-refractivity contribution in [1.29, 1.82) is 0 Å². The molecular weight excluding hydrogens is 240 g/mol. The van der Waals surface area contributed by atoms with Crippen molar-refractivity contribution >= 4 is 5.97 Å². The number of fused-ring (bicyclic) bond motifs is 2. The molecule has 3 nitrogen and oxygen atoms in total. The largest absolute Gasteiger partial charge is 0.489 e. The van der Waals surface area contributed by atoms with Gasteiger partial charge in [0.05, 0.1) is 7.11 Å². The maximum atomic E-state index is 11.9. The van der Waals surface area contributed by atoms with Crippen LogP contribution in [0.3, 0.4) is 0 Å². The molecule has 1 aromatic rings. The summed E-state index contributed by atoms with van der Waals surface area (Å²) in [4.78, 5) is 11.9. The molecule has 0 amide bonds. The molecule has 2 atom stereocenters. The number of para-hydroxylation sites is 1. The number of rotatable bonds is 4. The number of methoxy groups -OCH3 is 1. The Morgan fingerprint density at radius 3 is 2.68 bits per heavy atom. The Bertz CT molecular complexity index is 542. The molecule has 0 aromatic heterocycles. The summed E-state index contributed by atoms with van der Waals surface area (Å²) in [6.45, 7) is 0.458. The van der Waals surface area contributed by atoms with E-state index in [1.165, 1.54) is 7.11 Å². The maximum Gasteiger partial charge on any atom is 0.334 e. The van der Waals surface area contributed by atoms with Gasteiger partial charge in [-0.15, -0.1) is 0 Å². The zero-order valence-corrected chi connectivity index (χ0v) is 10.8. The number of benzene rings is 1. The van der Waals surface area contributed by atoms with E-state index in [1.54, 1.807) is 0 Å². The predicted octanol–water partition coefficient (Wildman–Crippen LogP) is 2.74. The smallest absolute Gasteiger partial charge is 0.334 e. The molecule has 0 saturated heterocycles. The molecular formula is C16H16O3. The van der Waals surface area contributed by atoms with Crippen molar-refractivity contribution in [3.05, 3.63) is 53.6 Å². The van der Waals surface area contributed by atoms with Crippen molar-refractivity contribution in [3.63, 3.8) is 0 Å². The average Bonchev–Trinajstić information content (AvgIpc) is 3.06. The van der Waals surface area contributed by atoms with Crippen molar-refractivity contribution in [2.75, 3.05) is 13.7 Å². The van der Waals surface area contributed by atoms with Crippen LogP contribution in [0.2, 0.25) is 0 Å². The fourth-order valence-electron chi connectivity index (χ4n) is 2.86. The molecule has 0 spiro atoms. The number of esters is 1. The zero-order valence-electron chi connectivity index (χ0n) is 10.8. The van der Waals surface area contributed by atoms with E-state index in [0.717, 1.165) is 23.3 Å². The van der Waals surface area contributed by atoms with Crippen molar-refractivity contribution in [1.82, 2.24) is 0 Å². The summed E-state index contributed by atoms with van der Waals surface area (Å²) in [6, 6.07) is 9.66. The Balaban J connectivity index is 1.78. The molecule has 0 heterocycles. The molecule has 0 saturated carbocycles. The van der Waals surface area contributed by atoms with E-state index < -0.39 is 0 Å². The lowest BCUT2D eigenvalue weighted by atomic mass is 9.97. The van der Waals surface area contributed by atoms with Crippen LogP contribution in [0.4, 0.5) is 0 Å². The van der Waals surface area contributed by atoms with E-state index in [1.807, 2.05) is 30.3 Å². The van der Waals surface area contributed by atoms with E-state index in [0.29, 0.717) is 12.5 Å². The summed E-state index contributed by atoms with van der Waals surface area (Å²) >= 11 is 0.